The van der Waals surface area contributed by atoms with Crippen LogP contribution in [0.25, 0.3) is 5.65 Å². The molecule has 0 radical (unpaired) electrons. The van der Waals surface area contributed by atoms with E-state index in [1.807, 2.05) is 0 Å². The summed E-state index contributed by atoms with van der Waals surface area (Å²) in [5.41, 5.74) is 1.18. The molecule has 0 amide bonds. The summed E-state index contributed by atoms with van der Waals surface area (Å²) in [6.07, 6.45) is 2.06. The van der Waals surface area contributed by atoms with Crippen molar-refractivity contribution < 1.29 is 19.4 Å². The van der Waals surface area contributed by atoms with Gasteiger partial charge in [-0.2, -0.15) is 5.10 Å². The lowest BCUT2D eigenvalue weighted by molar-refractivity contribution is 0.0587. The summed E-state index contributed by atoms with van der Waals surface area (Å²) >= 11 is 0. The first kappa shape index (κ1) is 11.6. The molecular formula is C12H11N3O4. The van der Waals surface area contributed by atoms with Crippen LogP contribution in [0, 0.1) is 0 Å². The van der Waals surface area contributed by atoms with Crippen molar-refractivity contribution >= 4 is 17.6 Å². The highest BCUT2D eigenvalue weighted by atomic mass is 16.5. The molecule has 7 nitrogen and oxygen atoms in total. The Labute approximate surface area is 107 Å². The molecule has 2 aromatic rings. The molecule has 0 aromatic carbocycles. The van der Waals surface area contributed by atoms with Gasteiger partial charge >= 0.3 is 11.9 Å². The number of carboxylic acids is 1. The Balaban J connectivity index is 2.23. The van der Waals surface area contributed by atoms with Gasteiger partial charge in [-0.15, -0.1) is 0 Å². The van der Waals surface area contributed by atoms with E-state index in [1.165, 1.54) is 17.7 Å². The van der Waals surface area contributed by atoms with Crippen LogP contribution < -0.4 is 0 Å². The van der Waals surface area contributed by atoms with Crippen LogP contribution in [0.3, 0.4) is 0 Å². The van der Waals surface area contributed by atoms with Crippen molar-refractivity contribution in [2.24, 2.45) is 0 Å². The number of aromatic nitrogens is 3. The van der Waals surface area contributed by atoms with Crippen LogP contribution in [0.15, 0.2) is 12.1 Å². The maximum Gasteiger partial charge on any atom is 0.356 e. The van der Waals surface area contributed by atoms with E-state index in [9.17, 15) is 9.59 Å². The van der Waals surface area contributed by atoms with Crippen LogP contribution in [-0.2, 0) is 4.74 Å². The first-order valence-electron chi connectivity index (χ1n) is 5.82. The molecule has 1 aliphatic rings. The second-order valence-corrected chi connectivity index (χ2v) is 4.44. The zero-order valence-corrected chi connectivity index (χ0v) is 10.2. The average Bonchev–Trinajstić information content (AvgIpc) is 3.15. The minimum atomic E-state index is -1.16. The molecule has 0 saturated heterocycles. The number of esters is 1. The fraction of sp³-hybridized carbons (Fsp3) is 0.333. The molecule has 1 N–H and O–H groups in total. The highest BCUT2D eigenvalue weighted by Gasteiger charge is 2.28. The van der Waals surface area contributed by atoms with Crippen molar-refractivity contribution in [3.05, 3.63) is 29.2 Å². The Morgan fingerprint density at radius 3 is 2.74 bits per heavy atom. The van der Waals surface area contributed by atoms with Crippen LogP contribution in [0.4, 0.5) is 0 Å². The molecule has 2 heterocycles. The number of hydrogen-bond acceptors (Lipinski definition) is 5. The predicted octanol–water partition coefficient (Wildman–Crippen LogP) is 1.09. The number of nitrogens with zero attached hydrogens (tertiary/aromatic N) is 3. The van der Waals surface area contributed by atoms with E-state index in [-0.39, 0.29) is 11.4 Å². The standard InChI is InChI=1S/C12H11N3O4/c1-19-12(18)9-4-7(6-2-3-6)13-10-5-8(11(16)17)14-15(9)10/h4-6H,2-3H2,1H3,(H,16,17). The van der Waals surface area contributed by atoms with Crippen molar-refractivity contribution in [3.8, 4) is 0 Å². The molecule has 2 aromatic heterocycles. The monoisotopic (exact) mass is 261 g/mol. The highest BCUT2D eigenvalue weighted by Crippen LogP contribution is 2.39. The number of carboxylic acid groups (broad SMARTS) is 1. The third kappa shape index (κ3) is 1.92. The number of ether oxygens (including phenoxy) is 1. The zero-order valence-electron chi connectivity index (χ0n) is 10.2. The summed E-state index contributed by atoms with van der Waals surface area (Å²) in [5.74, 6) is -1.37. The summed E-state index contributed by atoms with van der Waals surface area (Å²) < 4.78 is 5.90. The molecule has 0 spiro atoms. The second-order valence-electron chi connectivity index (χ2n) is 4.44. The zero-order chi connectivity index (χ0) is 13.6. The summed E-state index contributed by atoms with van der Waals surface area (Å²) in [6.45, 7) is 0. The molecule has 0 atom stereocenters. The third-order valence-electron chi connectivity index (χ3n) is 3.06. The van der Waals surface area contributed by atoms with Gasteiger partial charge in [-0.25, -0.2) is 19.1 Å². The molecule has 98 valence electrons. The smallest absolute Gasteiger partial charge is 0.356 e. The summed E-state index contributed by atoms with van der Waals surface area (Å²) in [6, 6.07) is 2.97. The Bertz CT molecular complexity index is 688. The number of aromatic carboxylic acids is 1. The van der Waals surface area contributed by atoms with Crippen LogP contribution in [-0.4, -0.2) is 38.8 Å². The Hall–Kier alpha value is -2.44. The minimum Gasteiger partial charge on any atom is -0.476 e. The lowest BCUT2D eigenvalue weighted by Crippen LogP contribution is -2.11. The van der Waals surface area contributed by atoms with E-state index in [0.717, 1.165) is 18.5 Å². The van der Waals surface area contributed by atoms with Crippen molar-refractivity contribution in [3.63, 3.8) is 0 Å². The largest absolute Gasteiger partial charge is 0.476 e. The first-order chi connectivity index (χ1) is 9.10. The molecule has 7 heteroatoms. The van der Waals surface area contributed by atoms with Gasteiger partial charge in [0.15, 0.2) is 17.0 Å². The van der Waals surface area contributed by atoms with E-state index < -0.39 is 11.9 Å². The van der Waals surface area contributed by atoms with Gasteiger partial charge in [-0.3, -0.25) is 0 Å². The quantitative estimate of drug-likeness (QED) is 0.831. The molecular weight excluding hydrogens is 250 g/mol. The Morgan fingerprint density at radius 1 is 1.42 bits per heavy atom. The summed E-state index contributed by atoms with van der Waals surface area (Å²) in [4.78, 5) is 27.0. The fourth-order valence-corrected chi connectivity index (χ4v) is 1.94. The number of carbonyl (C=O) groups is 2. The maximum atomic E-state index is 11.7. The number of rotatable bonds is 3. The normalized spacial score (nSPS) is 14.6. The van der Waals surface area contributed by atoms with Gasteiger partial charge in [0.25, 0.3) is 0 Å². The van der Waals surface area contributed by atoms with E-state index in [1.54, 1.807) is 6.07 Å². The molecule has 1 saturated carbocycles. The number of hydrogen-bond donors (Lipinski definition) is 1. The fourth-order valence-electron chi connectivity index (χ4n) is 1.94. The van der Waals surface area contributed by atoms with Gasteiger partial charge in [0.2, 0.25) is 0 Å². The van der Waals surface area contributed by atoms with Gasteiger partial charge in [-0.05, 0) is 18.9 Å². The van der Waals surface area contributed by atoms with E-state index in [2.05, 4.69) is 10.1 Å². The molecule has 0 unspecified atom stereocenters. The van der Waals surface area contributed by atoms with Crippen molar-refractivity contribution in [1.82, 2.24) is 14.6 Å². The number of fused-ring (bicyclic) bond motifs is 1. The van der Waals surface area contributed by atoms with Crippen LogP contribution in [0.2, 0.25) is 0 Å². The molecule has 1 fully saturated rings. The van der Waals surface area contributed by atoms with Crippen molar-refractivity contribution in [2.45, 2.75) is 18.8 Å². The maximum absolute atomic E-state index is 11.7. The molecule has 3 rings (SSSR count). The summed E-state index contributed by atoms with van der Waals surface area (Å²) in [5, 5.41) is 12.8. The van der Waals surface area contributed by atoms with Gasteiger partial charge in [-0.1, -0.05) is 0 Å². The van der Waals surface area contributed by atoms with Crippen molar-refractivity contribution in [1.29, 1.82) is 0 Å². The van der Waals surface area contributed by atoms with Crippen molar-refractivity contribution in [2.75, 3.05) is 7.11 Å². The van der Waals surface area contributed by atoms with Gasteiger partial charge in [0.05, 0.1) is 7.11 Å². The highest BCUT2D eigenvalue weighted by molar-refractivity contribution is 5.90. The summed E-state index contributed by atoms with van der Waals surface area (Å²) in [7, 11) is 1.27. The van der Waals surface area contributed by atoms with E-state index in [0.29, 0.717) is 11.6 Å². The number of methoxy groups -OCH3 is 1. The molecule has 19 heavy (non-hydrogen) atoms. The van der Waals surface area contributed by atoms with Crippen LogP contribution in [0.5, 0.6) is 0 Å². The lowest BCUT2D eigenvalue weighted by atomic mass is 10.2. The van der Waals surface area contributed by atoms with E-state index in [4.69, 9.17) is 9.84 Å². The predicted molar refractivity (Wildman–Crippen MR) is 63.3 cm³/mol. The van der Waals surface area contributed by atoms with Gasteiger partial charge in [0, 0.05) is 17.7 Å². The minimum absolute atomic E-state index is 0.148. The topological polar surface area (TPSA) is 93.8 Å². The van der Waals surface area contributed by atoms with Crippen LogP contribution in [0.1, 0.15) is 45.4 Å². The second kappa shape index (κ2) is 4.04. The van der Waals surface area contributed by atoms with Gasteiger partial charge in [0.1, 0.15) is 0 Å². The van der Waals surface area contributed by atoms with Gasteiger partial charge < -0.3 is 9.84 Å². The molecule has 0 bridgehead atoms. The lowest BCUT2D eigenvalue weighted by Gasteiger charge is -2.05. The number of carbonyl (C=O) groups excluding carboxylic acids is 1. The average molecular weight is 261 g/mol. The molecule has 0 aliphatic heterocycles. The molecule has 1 aliphatic carbocycles. The van der Waals surface area contributed by atoms with Crippen LogP contribution >= 0.6 is 0 Å². The van der Waals surface area contributed by atoms with E-state index >= 15 is 0 Å². The Morgan fingerprint density at radius 2 is 2.16 bits per heavy atom. The third-order valence-corrected chi connectivity index (χ3v) is 3.06. The first-order valence-corrected chi connectivity index (χ1v) is 5.82. The Kier molecular flexibility index (Phi) is 2.48. The SMILES string of the molecule is COC(=O)c1cc(C2CC2)nc2cc(C(=O)O)nn12.